The van der Waals surface area contributed by atoms with Gasteiger partial charge in [-0.25, -0.2) is 19.9 Å². The molecule has 0 fully saturated rings. The van der Waals surface area contributed by atoms with Crippen molar-refractivity contribution in [1.82, 2.24) is 24.9 Å². The summed E-state index contributed by atoms with van der Waals surface area (Å²) >= 11 is 3.25. The van der Waals surface area contributed by atoms with E-state index in [9.17, 15) is 8.42 Å². The molecule has 0 unspecified atom stereocenters. The number of anilines is 1. The van der Waals surface area contributed by atoms with E-state index in [1.54, 1.807) is 42.7 Å². The number of hydrogen-bond acceptors (Lipinski definition) is 11. The zero-order valence-corrected chi connectivity index (χ0v) is 24.6. The lowest BCUT2D eigenvalue weighted by atomic mass is 10.1. The third-order valence-electron chi connectivity index (χ3n) is 5.26. The van der Waals surface area contributed by atoms with Crippen molar-refractivity contribution in [3.05, 3.63) is 71.4 Å². The number of sulfonamides is 1. The molecule has 41 heavy (non-hydrogen) atoms. The predicted molar refractivity (Wildman–Crippen MR) is 153 cm³/mol. The van der Waals surface area contributed by atoms with Gasteiger partial charge in [-0.15, -0.1) is 0 Å². The van der Waals surface area contributed by atoms with Crippen molar-refractivity contribution in [3.63, 3.8) is 0 Å². The number of nitrogens with one attached hydrogen (secondary N) is 1. The van der Waals surface area contributed by atoms with Gasteiger partial charge in [-0.1, -0.05) is 43.9 Å². The molecule has 12 nitrogen and oxygen atoms in total. The molecule has 0 aliphatic carbocycles. The Morgan fingerprint density at radius 1 is 0.902 bits per heavy atom. The summed E-state index contributed by atoms with van der Waals surface area (Å²) in [4.78, 5) is 20.3. The summed E-state index contributed by atoms with van der Waals surface area (Å²) in [7, 11) is -2.66. The number of methoxy groups -OCH3 is 1. The summed E-state index contributed by atoms with van der Waals surface area (Å²) in [6, 6.07) is 10.1. The Labute approximate surface area is 245 Å². The standard InChI is InChI=1S/C27H25BrN6O6S/c1-18(2)19-10-11-23(29-14-19)41(35,36)34-25-24(40-22-9-5-4-8-21(22)37-3)26(33-17-32-25)38-12-6-7-13-39-27-30-15-20(28)16-31-27/h4-5,8-11,14-18H,12-13H2,1-3H3,(H,32,33,34). The lowest BCUT2D eigenvalue weighted by Crippen LogP contribution is -2.17. The third-order valence-corrected chi connectivity index (χ3v) is 6.92. The molecular weight excluding hydrogens is 616 g/mol. The van der Waals surface area contributed by atoms with Gasteiger partial charge in [0.1, 0.15) is 6.33 Å². The fourth-order valence-electron chi connectivity index (χ4n) is 3.19. The van der Waals surface area contributed by atoms with Gasteiger partial charge in [-0.3, -0.25) is 4.72 Å². The van der Waals surface area contributed by atoms with Crippen LogP contribution in [0.15, 0.2) is 70.8 Å². The Bertz CT molecular complexity index is 1640. The first kappa shape index (κ1) is 29.5. The van der Waals surface area contributed by atoms with Gasteiger partial charge in [-0.2, -0.15) is 13.4 Å². The maximum absolute atomic E-state index is 13.2. The van der Waals surface area contributed by atoms with E-state index >= 15 is 0 Å². The first-order chi connectivity index (χ1) is 19.8. The van der Waals surface area contributed by atoms with Gasteiger partial charge in [0.2, 0.25) is 5.75 Å². The normalized spacial score (nSPS) is 10.9. The first-order valence-corrected chi connectivity index (χ1v) is 14.4. The van der Waals surface area contributed by atoms with E-state index in [0.29, 0.717) is 5.75 Å². The third kappa shape index (κ3) is 8.03. The largest absolute Gasteiger partial charge is 0.493 e. The van der Waals surface area contributed by atoms with E-state index in [-0.39, 0.29) is 53.4 Å². The molecule has 0 amide bonds. The van der Waals surface area contributed by atoms with Crippen LogP contribution in [0.5, 0.6) is 29.1 Å². The van der Waals surface area contributed by atoms with Gasteiger partial charge in [0.15, 0.2) is 35.6 Å². The van der Waals surface area contributed by atoms with Crippen LogP contribution in [0.4, 0.5) is 5.82 Å². The van der Waals surface area contributed by atoms with Gasteiger partial charge in [0.25, 0.3) is 15.9 Å². The van der Waals surface area contributed by atoms with Gasteiger partial charge in [-0.05, 0) is 45.6 Å². The van der Waals surface area contributed by atoms with Crippen molar-refractivity contribution >= 4 is 31.8 Å². The van der Waals surface area contributed by atoms with Gasteiger partial charge in [0, 0.05) is 18.6 Å². The van der Waals surface area contributed by atoms with E-state index in [1.165, 1.54) is 19.4 Å². The molecule has 4 aromatic rings. The Hall–Kier alpha value is -4.48. The number of nitrogens with zero attached hydrogens (tertiary/aromatic N) is 5. The molecular formula is C27H25BrN6O6S. The zero-order chi connectivity index (χ0) is 29.2. The highest BCUT2D eigenvalue weighted by atomic mass is 79.9. The number of ether oxygens (including phenoxy) is 4. The molecule has 0 aliphatic rings. The van der Waals surface area contributed by atoms with Gasteiger partial charge >= 0.3 is 6.01 Å². The fourth-order valence-corrected chi connectivity index (χ4v) is 4.34. The van der Waals surface area contributed by atoms with E-state index in [1.807, 2.05) is 13.8 Å². The predicted octanol–water partition coefficient (Wildman–Crippen LogP) is 4.61. The summed E-state index contributed by atoms with van der Waals surface area (Å²) in [5.41, 5.74) is 0.901. The second-order valence-corrected chi connectivity index (χ2v) is 11.0. The molecule has 0 radical (unpaired) electrons. The molecule has 14 heteroatoms. The van der Waals surface area contributed by atoms with Crippen LogP contribution in [0.3, 0.4) is 0 Å². The van der Waals surface area contributed by atoms with Crippen LogP contribution in [0, 0.1) is 11.8 Å². The highest BCUT2D eigenvalue weighted by molar-refractivity contribution is 9.10. The van der Waals surface area contributed by atoms with Crippen LogP contribution in [0.2, 0.25) is 0 Å². The summed E-state index contributed by atoms with van der Waals surface area (Å²) in [5, 5.41) is -0.188. The minimum atomic E-state index is -4.14. The first-order valence-electron chi connectivity index (χ1n) is 12.1. The Kier molecular flexibility index (Phi) is 9.88. The summed E-state index contributed by atoms with van der Waals surface area (Å²) in [6.07, 6.45) is 5.77. The molecule has 3 heterocycles. The number of pyridine rings is 1. The van der Waals surface area contributed by atoms with Crippen molar-refractivity contribution in [2.45, 2.75) is 24.8 Å². The van der Waals surface area contributed by atoms with E-state index in [2.05, 4.69) is 57.4 Å². The SMILES string of the molecule is COc1ccccc1Oc1c(NS(=O)(=O)c2ccc(C(C)C)cn2)ncnc1OCC#CCOc1ncc(Br)cn1. The molecule has 0 bridgehead atoms. The lowest BCUT2D eigenvalue weighted by Gasteiger charge is -2.16. The Morgan fingerprint density at radius 3 is 2.27 bits per heavy atom. The molecule has 0 aliphatic heterocycles. The highest BCUT2D eigenvalue weighted by Crippen LogP contribution is 2.39. The van der Waals surface area contributed by atoms with Crippen LogP contribution in [0.25, 0.3) is 0 Å². The topological polar surface area (TPSA) is 148 Å². The Morgan fingerprint density at radius 2 is 1.61 bits per heavy atom. The number of aromatic nitrogens is 5. The van der Waals surface area contributed by atoms with Gasteiger partial charge in [0.05, 0.1) is 11.6 Å². The molecule has 0 spiro atoms. The second kappa shape index (κ2) is 13.7. The van der Waals surface area contributed by atoms with Crippen LogP contribution in [-0.2, 0) is 10.0 Å². The maximum Gasteiger partial charge on any atom is 0.317 e. The number of rotatable bonds is 11. The monoisotopic (exact) mass is 640 g/mol. The fraction of sp³-hybridized carbons (Fsp3) is 0.222. The Balaban J connectivity index is 1.56. The molecule has 0 saturated heterocycles. The average Bonchev–Trinajstić information content (AvgIpc) is 2.97. The lowest BCUT2D eigenvalue weighted by molar-refractivity contribution is 0.322. The number of benzene rings is 1. The number of para-hydroxylation sites is 2. The molecule has 0 atom stereocenters. The van der Waals surface area contributed by atoms with Crippen LogP contribution >= 0.6 is 15.9 Å². The highest BCUT2D eigenvalue weighted by Gasteiger charge is 2.24. The van der Waals surface area contributed by atoms with Crippen LogP contribution in [-0.4, -0.2) is 53.7 Å². The summed E-state index contributed by atoms with van der Waals surface area (Å²) < 4.78 is 52.0. The molecule has 1 N–H and O–H groups in total. The smallest absolute Gasteiger partial charge is 0.317 e. The maximum atomic E-state index is 13.2. The van der Waals surface area contributed by atoms with Crippen molar-refractivity contribution in [2.75, 3.05) is 25.0 Å². The van der Waals surface area contributed by atoms with Gasteiger partial charge < -0.3 is 18.9 Å². The molecule has 0 saturated carbocycles. The average molecular weight is 642 g/mol. The van der Waals surface area contributed by atoms with Crippen LogP contribution in [0.1, 0.15) is 25.3 Å². The van der Waals surface area contributed by atoms with E-state index in [4.69, 9.17) is 18.9 Å². The minimum absolute atomic E-state index is 0.0208. The van der Waals surface area contributed by atoms with Crippen LogP contribution < -0.4 is 23.7 Å². The second-order valence-electron chi connectivity index (χ2n) is 8.41. The molecule has 4 rings (SSSR count). The minimum Gasteiger partial charge on any atom is -0.493 e. The van der Waals surface area contributed by atoms with E-state index < -0.39 is 10.0 Å². The zero-order valence-electron chi connectivity index (χ0n) is 22.2. The molecule has 3 aromatic heterocycles. The van der Waals surface area contributed by atoms with Crippen molar-refractivity contribution in [1.29, 1.82) is 0 Å². The summed E-state index contributed by atoms with van der Waals surface area (Å²) in [6.45, 7) is 3.88. The van der Waals surface area contributed by atoms with Crippen molar-refractivity contribution in [2.24, 2.45) is 0 Å². The summed E-state index contributed by atoms with van der Waals surface area (Å²) in [5.74, 6) is 6.12. The quantitative estimate of drug-likeness (QED) is 0.229. The van der Waals surface area contributed by atoms with Crippen molar-refractivity contribution in [3.8, 4) is 41.0 Å². The van der Waals surface area contributed by atoms with E-state index in [0.717, 1.165) is 16.4 Å². The van der Waals surface area contributed by atoms with Crippen molar-refractivity contribution < 1.29 is 27.4 Å². The molecule has 1 aromatic carbocycles. The number of hydrogen-bond donors (Lipinski definition) is 1. The molecule has 212 valence electrons. The number of halogens is 1.